The molecule has 0 radical (unpaired) electrons. The van der Waals surface area contributed by atoms with Crippen LogP contribution in [-0.2, 0) is 9.53 Å². The van der Waals surface area contributed by atoms with Crippen molar-refractivity contribution in [2.75, 3.05) is 0 Å². The fourth-order valence-corrected chi connectivity index (χ4v) is 5.17. The number of hydrogen-bond acceptors (Lipinski definition) is 2. The molecule has 0 aromatic rings. The third-order valence-electron chi connectivity index (χ3n) is 6.52. The predicted octanol–water partition coefficient (Wildman–Crippen LogP) is 4.00. The van der Waals surface area contributed by atoms with Crippen molar-refractivity contribution in [1.29, 1.82) is 0 Å². The zero-order valence-electron chi connectivity index (χ0n) is 12.1. The Morgan fingerprint density at radius 2 is 2.00 bits per heavy atom. The maximum atomic E-state index is 12.0. The number of allylic oxidation sites excluding steroid dienone is 2. The Hall–Kier alpha value is -0.790. The van der Waals surface area contributed by atoms with Crippen LogP contribution in [0.3, 0.4) is 0 Å². The highest BCUT2D eigenvalue weighted by Crippen LogP contribution is 2.73. The SMILES string of the molecule is CC(C)[C@@]12CC[C@@]3(CCC4=C(CCCC4=O)O3)[C@@H]1C2. The van der Waals surface area contributed by atoms with Crippen molar-refractivity contribution in [2.45, 2.75) is 70.8 Å². The van der Waals surface area contributed by atoms with E-state index in [0.29, 0.717) is 11.2 Å². The normalized spacial score (nSPS) is 44.4. The molecule has 0 aromatic heterocycles. The lowest BCUT2D eigenvalue weighted by Gasteiger charge is -2.39. The minimum absolute atomic E-state index is 0.112. The fraction of sp³-hybridized carbons (Fsp3) is 0.824. The third-order valence-corrected chi connectivity index (χ3v) is 6.52. The van der Waals surface area contributed by atoms with Gasteiger partial charge >= 0.3 is 0 Å². The maximum absolute atomic E-state index is 12.0. The summed E-state index contributed by atoms with van der Waals surface area (Å²) in [5.41, 5.74) is 1.73. The smallest absolute Gasteiger partial charge is 0.162 e. The molecule has 2 fully saturated rings. The van der Waals surface area contributed by atoms with Gasteiger partial charge in [-0.3, -0.25) is 4.79 Å². The summed E-state index contributed by atoms with van der Waals surface area (Å²) in [6.45, 7) is 4.74. The van der Waals surface area contributed by atoms with E-state index in [-0.39, 0.29) is 5.60 Å². The van der Waals surface area contributed by atoms with E-state index in [4.69, 9.17) is 4.74 Å². The van der Waals surface area contributed by atoms with Crippen LogP contribution >= 0.6 is 0 Å². The Morgan fingerprint density at radius 1 is 1.16 bits per heavy atom. The molecule has 0 bridgehead atoms. The molecule has 0 saturated heterocycles. The largest absolute Gasteiger partial charge is 0.491 e. The zero-order valence-corrected chi connectivity index (χ0v) is 12.1. The van der Waals surface area contributed by atoms with Crippen LogP contribution in [-0.4, -0.2) is 11.4 Å². The first kappa shape index (κ1) is 12.0. The second kappa shape index (κ2) is 3.65. The lowest BCUT2D eigenvalue weighted by molar-refractivity contribution is -0.118. The molecule has 3 aliphatic carbocycles. The van der Waals surface area contributed by atoms with Crippen molar-refractivity contribution in [3.63, 3.8) is 0 Å². The molecule has 0 unspecified atom stereocenters. The van der Waals surface area contributed by atoms with E-state index < -0.39 is 0 Å². The summed E-state index contributed by atoms with van der Waals surface area (Å²) in [4.78, 5) is 12.0. The van der Waals surface area contributed by atoms with Crippen LogP contribution in [0.2, 0.25) is 0 Å². The van der Waals surface area contributed by atoms with E-state index >= 15 is 0 Å². The van der Waals surface area contributed by atoms with Gasteiger partial charge in [-0.2, -0.15) is 0 Å². The third kappa shape index (κ3) is 1.46. The van der Waals surface area contributed by atoms with Crippen LogP contribution in [0.25, 0.3) is 0 Å². The van der Waals surface area contributed by atoms with Gasteiger partial charge in [0.05, 0.1) is 0 Å². The first-order valence-electron chi connectivity index (χ1n) is 8.02. The number of ketones is 1. The van der Waals surface area contributed by atoms with E-state index in [1.807, 2.05) is 0 Å². The number of fused-ring (bicyclic) bond motifs is 2. The van der Waals surface area contributed by atoms with Gasteiger partial charge in [0.25, 0.3) is 0 Å². The first-order valence-corrected chi connectivity index (χ1v) is 8.02. The van der Waals surface area contributed by atoms with E-state index in [9.17, 15) is 4.79 Å². The number of rotatable bonds is 1. The second-order valence-electron chi connectivity index (χ2n) is 7.49. The van der Waals surface area contributed by atoms with Crippen LogP contribution in [0.5, 0.6) is 0 Å². The second-order valence-corrected chi connectivity index (χ2v) is 7.49. The minimum atomic E-state index is 0.112. The number of carbonyl (C=O) groups excluding carboxylic acids is 1. The van der Waals surface area contributed by atoms with E-state index in [1.165, 1.54) is 19.3 Å². The maximum Gasteiger partial charge on any atom is 0.162 e. The monoisotopic (exact) mass is 260 g/mol. The van der Waals surface area contributed by atoms with Crippen molar-refractivity contribution >= 4 is 5.78 Å². The summed E-state index contributed by atoms with van der Waals surface area (Å²) >= 11 is 0. The molecule has 3 atom stereocenters. The highest BCUT2D eigenvalue weighted by Gasteiger charge is 2.70. The summed E-state index contributed by atoms with van der Waals surface area (Å²) in [7, 11) is 0. The molecule has 1 heterocycles. The molecule has 2 heteroatoms. The molecule has 1 aliphatic heterocycles. The van der Waals surface area contributed by atoms with E-state index in [0.717, 1.165) is 55.3 Å². The van der Waals surface area contributed by atoms with Crippen molar-refractivity contribution in [1.82, 2.24) is 0 Å². The molecule has 2 saturated carbocycles. The lowest BCUT2D eigenvalue weighted by atomic mass is 9.82. The molecule has 0 amide bonds. The number of Topliss-reactive ketones (excluding diaryl/α,β-unsaturated/α-hetero) is 1. The standard InChI is InChI=1S/C17H24O2/c1-11(2)16-8-9-17(15(16)10-16)7-6-12-13(18)4-3-5-14(12)19-17/h11,15H,3-10H2,1-2H3/t15-,16+,17+/m1/s1. The molecule has 0 N–H and O–H groups in total. The Balaban J connectivity index is 1.62. The lowest BCUT2D eigenvalue weighted by Crippen LogP contribution is -2.38. The van der Waals surface area contributed by atoms with Gasteiger partial charge in [0.15, 0.2) is 5.78 Å². The molecule has 2 nitrogen and oxygen atoms in total. The molecule has 19 heavy (non-hydrogen) atoms. The molecular formula is C17H24O2. The van der Waals surface area contributed by atoms with Gasteiger partial charge in [-0.25, -0.2) is 0 Å². The molecule has 4 rings (SSSR count). The van der Waals surface area contributed by atoms with Crippen LogP contribution in [0.15, 0.2) is 11.3 Å². The van der Waals surface area contributed by atoms with Crippen LogP contribution < -0.4 is 0 Å². The van der Waals surface area contributed by atoms with Gasteiger partial charge in [-0.1, -0.05) is 13.8 Å². The average Bonchev–Trinajstić information content (AvgIpc) is 3.07. The number of carbonyl (C=O) groups is 1. The van der Waals surface area contributed by atoms with Crippen molar-refractivity contribution in [2.24, 2.45) is 17.3 Å². The van der Waals surface area contributed by atoms with Crippen LogP contribution in [0.4, 0.5) is 0 Å². The number of ether oxygens (including phenoxy) is 1. The van der Waals surface area contributed by atoms with Crippen molar-refractivity contribution in [3.05, 3.63) is 11.3 Å². The Labute approximate surface area is 115 Å². The highest BCUT2D eigenvalue weighted by molar-refractivity contribution is 5.96. The molecule has 104 valence electrons. The molecular weight excluding hydrogens is 236 g/mol. The summed E-state index contributed by atoms with van der Waals surface area (Å²) in [6.07, 6.45) is 8.75. The summed E-state index contributed by atoms with van der Waals surface area (Å²) < 4.78 is 6.50. The highest BCUT2D eigenvalue weighted by atomic mass is 16.5. The number of hydrogen-bond donors (Lipinski definition) is 0. The van der Waals surface area contributed by atoms with Crippen LogP contribution in [0.1, 0.15) is 65.2 Å². The molecule has 1 spiro atoms. The predicted molar refractivity (Wildman–Crippen MR) is 73.5 cm³/mol. The van der Waals surface area contributed by atoms with Crippen LogP contribution in [0, 0.1) is 17.3 Å². The zero-order chi connectivity index (χ0) is 13.3. The van der Waals surface area contributed by atoms with Gasteiger partial charge in [-0.05, 0) is 49.9 Å². The molecule has 4 aliphatic rings. The van der Waals surface area contributed by atoms with Gasteiger partial charge in [0, 0.05) is 24.3 Å². The average molecular weight is 260 g/mol. The van der Waals surface area contributed by atoms with Gasteiger partial charge in [0.1, 0.15) is 11.4 Å². The fourth-order valence-electron chi connectivity index (χ4n) is 5.17. The topological polar surface area (TPSA) is 26.3 Å². The quantitative estimate of drug-likeness (QED) is 0.712. The first-order chi connectivity index (χ1) is 9.07. The van der Waals surface area contributed by atoms with E-state index in [1.54, 1.807) is 0 Å². The summed E-state index contributed by atoms with van der Waals surface area (Å²) in [6, 6.07) is 0. The Kier molecular flexibility index (Phi) is 2.30. The minimum Gasteiger partial charge on any atom is -0.491 e. The Morgan fingerprint density at radius 3 is 2.68 bits per heavy atom. The van der Waals surface area contributed by atoms with Gasteiger partial charge < -0.3 is 4.74 Å². The van der Waals surface area contributed by atoms with Crippen molar-refractivity contribution < 1.29 is 9.53 Å². The Bertz CT molecular complexity index is 476. The van der Waals surface area contributed by atoms with Gasteiger partial charge in [-0.15, -0.1) is 0 Å². The summed E-state index contributed by atoms with van der Waals surface area (Å²) in [5, 5.41) is 0. The van der Waals surface area contributed by atoms with Crippen molar-refractivity contribution in [3.8, 4) is 0 Å². The van der Waals surface area contributed by atoms with E-state index in [2.05, 4.69) is 13.8 Å². The molecule has 0 aromatic carbocycles. The van der Waals surface area contributed by atoms with Gasteiger partial charge in [0.2, 0.25) is 0 Å². The summed E-state index contributed by atoms with van der Waals surface area (Å²) in [5.74, 6) is 2.99.